The minimum atomic E-state index is -2.18. The predicted octanol–water partition coefficient (Wildman–Crippen LogP) is 3.98. The van der Waals surface area contributed by atoms with Crippen molar-refractivity contribution < 1.29 is 19.4 Å². The van der Waals surface area contributed by atoms with Gasteiger partial charge in [0.2, 0.25) is 0 Å². The summed E-state index contributed by atoms with van der Waals surface area (Å²) in [7, 11) is 1.38. The average molecular weight is 623 g/mol. The van der Waals surface area contributed by atoms with Crippen LogP contribution >= 0.6 is 46.4 Å². The summed E-state index contributed by atoms with van der Waals surface area (Å²) in [6, 6.07) is 11.8. The molecule has 40 heavy (non-hydrogen) atoms. The Balaban J connectivity index is 1.64. The smallest absolute Gasteiger partial charge is 0.352 e. The van der Waals surface area contributed by atoms with Crippen molar-refractivity contribution in [3.05, 3.63) is 96.8 Å². The van der Waals surface area contributed by atoms with Crippen LogP contribution in [0.5, 0.6) is 11.5 Å². The fourth-order valence-corrected chi connectivity index (χ4v) is 7.55. The van der Waals surface area contributed by atoms with E-state index in [1.807, 2.05) is 0 Å². The molecule has 0 bridgehead atoms. The number of benzene rings is 2. The summed E-state index contributed by atoms with van der Waals surface area (Å²) in [5, 5.41) is 9.49. The van der Waals surface area contributed by atoms with Gasteiger partial charge in [-0.2, -0.15) is 0 Å². The van der Waals surface area contributed by atoms with Gasteiger partial charge in [0.25, 0.3) is 0 Å². The van der Waals surface area contributed by atoms with E-state index in [1.165, 1.54) is 28.6 Å². The zero-order valence-corrected chi connectivity index (χ0v) is 23.6. The molecule has 6 rings (SSSR count). The molecule has 4 unspecified atom stereocenters. The van der Waals surface area contributed by atoms with E-state index in [0.717, 1.165) is 4.57 Å². The first-order chi connectivity index (χ1) is 19.0. The molecule has 2 heterocycles. The SMILES string of the molecule is COc1ccc(C2C3=CCn4c(=O)n(-c5ccccc5)c(=O)n4C3CC3(Cl)C(=O)C(Cl)=C(Cl)C(=O)C23Cl)cc1O. The first-order valence-electron chi connectivity index (χ1n) is 12.1. The lowest BCUT2D eigenvalue weighted by Gasteiger charge is -2.54. The molecule has 4 atom stereocenters. The lowest BCUT2D eigenvalue weighted by atomic mass is 9.59. The topological polar surface area (TPSA) is 113 Å². The minimum Gasteiger partial charge on any atom is -0.504 e. The van der Waals surface area contributed by atoms with Crippen molar-refractivity contribution in [2.75, 3.05) is 7.11 Å². The molecule has 1 fully saturated rings. The first-order valence-corrected chi connectivity index (χ1v) is 13.6. The number of carbonyl (C=O) groups is 2. The van der Waals surface area contributed by atoms with Gasteiger partial charge in [-0.1, -0.05) is 53.5 Å². The maximum Gasteiger partial charge on any atom is 0.352 e. The number of fused-ring (bicyclic) bond motifs is 4. The standard InChI is InChI=1S/C27H19Cl4N3O6/c1-40-18-8-7-13(11-17(18)35)19-15-9-10-32-24(38)33(14-5-3-2-4-6-14)25(39)34(32)16(15)12-26(30)22(36)20(28)21(29)23(37)27(19,26)31/h2-9,11,16,19,35H,10,12H2,1H3. The van der Waals surface area contributed by atoms with Gasteiger partial charge in [-0.15, -0.1) is 23.2 Å². The van der Waals surface area contributed by atoms with E-state index in [2.05, 4.69) is 0 Å². The van der Waals surface area contributed by atoms with Crippen LogP contribution in [-0.2, 0) is 16.1 Å². The highest BCUT2D eigenvalue weighted by atomic mass is 35.5. The van der Waals surface area contributed by atoms with Gasteiger partial charge in [0.15, 0.2) is 23.1 Å². The molecular formula is C27H19Cl4N3O6. The van der Waals surface area contributed by atoms with E-state index in [1.54, 1.807) is 42.5 Å². The summed E-state index contributed by atoms with van der Waals surface area (Å²) < 4.78 is 8.65. The van der Waals surface area contributed by atoms with Gasteiger partial charge in [0, 0.05) is 12.3 Å². The molecule has 0 radical (unpaired) electrons. The molecular weight excluding hydrogens is 604 g/mol. The fraction of sp³-hybridized carbons (Fsp3) is 0.259. The number of alkyl halides is 2. The number of phenols is 1. The highest BCUT2D eigenvalue weighted by Crippen LogP contribution is 2.63. The molecule has 2 aromatic carbocycles. The monoisotopic (exact) mass is 621 g/mol. The summed E-state index contributed by atoms with van der Waals surface area (Å²) in [5.41, 5.74) is -0.144. The van der Waals surface area contributed by atoms with Crippen LogP contribution in [0.2, 0.25) is 0 Å². The second kappa shape index (κ2) is 9.14. The van der Waals surface area contributed by atoms with E-state index in [9.17, 15) is 24.3 Å². The van der Waals surface area contributed by atoms with Crippen molar-refractivity contribution in [1.82, 2.24) is 13.9 Å². The van der Waals surface area contributed by atoms with Crippen LogP contribution < -0.4 is 16.1 Å². The van der Waals surface area contributed by atoms with Crippen LogP contribution in [0.25, 0.3) is 5.69 Å². The number of ether oxygens (including phenoxy) is 1. The lowest BCUT2D eigenvalue weighted by molar-refractivity contribution is -0.128. The maximum absolute atomic E-state index is 13.8. The van der Waals surface area contributed by atoms with Gasteiger partial charge in [-0.3, -0.25) is 9.59 Å². The van der Waals surface area contributed by atoms with E-state index < -0.39 is 54.7 Å². The Morgan fingerprint density at radius 2 is 1.62 bits per heavy atom. The van der Waals surface area contributed by atoms with Crippen molar-refractivity contribution in [3.8, 4) is 17.2 Å². The van der Waals surface area contributed by atoms with E-state index in [4.69, 9.17) is 51.1 Å². The van der Waals surface area contributed by atoms with Gasteiger partial charge >= 0.3 is 11.4 Å². The maximum atomic E-state index is 13.8. The van der Waals surface area contributed by atoms with Crippen LogP contribution in [-0.4, -0.2) is 47.5 Å². The minimum absolute atomic E-state index is 0.0346. The molecule has 3 aliphatic rings. The zero-order chi connectivity index (χ0) is 28.7. The second-order valence-electron chi connectivity index (χ2n) is 9.75. The third-order valence-corrected chi connectivity index (χ3v) is 10.1. The first kappa shape index (κ1) is 27.0. The molecule has 3 aromatic rings. The number of hydrogen-bond donors (Lipinski definition) is 1. The van der Waals surface area contributed by atoms with Crippen LogP contribution in [0.1, 0.15) is 23.9 Å². The number of carbonyl (C=O) groups excluding carboxylic acids is 2. The van der Waals surface area contributed by atoms with Gasteiger partial charge < -0.3 is 9.84 Å². The van der Waals surface area contributed by atoms with Crippen LogP contribution in [0.15, 0.2) is 79.8 Å². The van der Waals surface area contributed by atoms with Crippen LogP contribution in [0.4, 0.5) is 0 Å². The zero-order valence-electron chi connectivity index (χ0n) is 20.6. The van der Waals surface area contributed by atoms with Crippen molar-refractivity contribution in [3.63, 3.8) is 0 Å². The number of Topliss-reactive ketones (excluding diaryl/α,β-unsaturated/α-hetero) is 2. The number of nitrogens with zero attached hydrogens (tertiary/aromatic N) is 3. The number of halogens is 4. The molecule has 0 spiro atoms. The Morgan fingerprint density at radius 3 is 2.27 bits per heavy atom. The van der Waals surface area contributed by atoms with Crippen molar-refractivity contribution in [2.45, 2.75) is 34.7 Å². The third kappa shape index (κ3) is 3.35. The Labute approximate surface area is 246 Å². The summed E-state index contributed by atoms with van der Waals surface area (Å²) in [6.07, 6.45) is 1.34. The Kier molecular flexibility index (Phi) is 6.16. The largest absolute Gasteiger partial charge is 0.504 e. The number of phenolic OH excluding ortho intramolecular Hbond substituents is 1. The number of ketones is 2. The summed E-state index contributed by atoms with van der Waals surface area (Å²) >= 11 is 26.7. The normalized spacial score (nSPS) is 27.6. The molecule has 1 aliphatic heterocycles. The number of allylic oxidation sites excluding steroid dienone is 4. The van der Waals surface area contributed by atoms with Crippen LogP contribution in [0.3, 0.4) is 0 Å². The Morgan fingerprint density at radius 1 is 0.950 bits per heavy atom. The van der Waals surface area contributed by atoms with Gasteiger partial charge in [0.1, 0.15) is 19.8 Å². The number of aromatic hydroxyl groups is 1. The number of rotatable bonds is 3. The molecule has 1 saturated carbocycles. The Bertz CT molecular complexity index is 1810. The van der Waals surface area contributed by atoms with Crippen molar-refractivity contribution in [2.24, 2.45) is 0 Å². The average Bonchev–Trinajstić information content (AvgIpc) is 3.21. The van der Waals surface area contributed by atoms with E-state index >= 15 is 0 Å². The summed E-state index contributed by atoms with van der Waals surface area (Å²) in [6.45, 7) is -0.0346. The molecule has 0 amide bonds. The molecule has 0 saturated heterocycles. The highest BCUT2D eigenvalue weighted by molar-refractivity contribution is 6.66. The highest BCUT2D eigenvalue weighted by Gasteiger charge is 2.71. The van der Waals surface area contributed by atoms with E-state index in [0.29, 0.717) is 16.8 Å². The number of para-hydroxylation sites is 1. The summed E-state index contributed by atoms with van der Waals surface area (Å²) in [5.74, 6) is -3.00. The molecule has 1 N–H and O–H groups in total. The van der Waals surface area contributed by atoms with E-state index in [-0.39, 0.29) is 24.5 Å². The van der Waals surface area contributed by atoms with Gasteiger partial charge in [-0.25, -0.2) is 23.5 Å². The number of aromatic nitrogens is 3. The molecule has 206 valence electrons. The fourth-order valence-electron chi connectivity index (χ4n) is 6.03. The molecule has 1 aromatic heterocycles. The quantitative estimate of drug-likeness (QED) is 0.349. The van der Waals surface area contributed by atoms with Crippen molar-refractivity contribution in [1.29, 1.82) is 0 Å². The molecule has 9 nitrogen and oxygen atoms in total. The third-order valence-electron chi connectivity index (χ3n) is 7.85. The number of hydrogen-bond acceptors (Lipinski definition) is 6. The Hall–Kier alpha value is -3.24. The predicted molar refractivity (Wildman–Crippen MR) is 149 cm³/mol. The lowest BCUT2D eigenvalue weighted by Crippen LogP contribution is -2.67. The van der Waals surface area contributed by atoms with Crippen LogP contribution in [0, 0.1) is 0 Å². The molecule has 13 heteroatoms. The summed E-state index contributed by atoms with van der Waals surface area (Å²) in [4.78, 5) is 50.3. The van der Waals surface area contributed by atoms with Gasteiger partial charge in [-0.05, 0) is 35.4 Å². The number of methoxy groups -OCH3 is 1. The second-order valence-corrected chi connectivity index (χ2v) is 11.7. The van der Waals surface area contributed by atoms with Gasteiger partial charge in [0.05, 0.1) is 25.4 Å². The van der Waals surface area contributed by atoms with Crippen molar-refractivity contribution >= 4 is 58.0 Å². The molecule has 2 aliphatic carbocycles.